The molecule has 1 saturated heterocycles. The predicted octanol–water partition coefficient (Wildman–Crippen LogP) is 3.26. The van der Waals surface area contributed by atoms with E-state index in [4.69, 9.17) is 18.6 Å². The van der Waals surface area contributed by atoms with E-state index in [1.807, 2.05) is 18.2 Å². The third kappa shape index (κ3) is 4.86. The molecule has 0 aliphatic carbocycles. The molecule has 0 N–H and O–H groups in total. The molecule has 1 aromatic heterocycles. The van der Waals surface area contributed by atoms with Gasteiger partial charge in [0.1, 0.15) is 11.5 Å². The number of nitrogens with zero attached hydrogens (tertiary/aromatic N) is 1. The highest BCUT2D eigenvalue weighted by molar-refractivity contribution is 5.86. The molecule has 2 aromatic rings. The van der Waals surface area contributed by atoms with E-state index in [0.29, 0.717) is 6.54 Å². The Bertz CT molecular complexity index is 703. The molecule has 6 heteroatoms. The molecule has 0 saturated carbocycles. The molecule has 26 heavy (non-hydrogen) atoms. The minimum atomic E-state index is -0.461. The van der Waals surface area contributed by atoms with Gasteiger partial charge in [0.05, 0.1) is 26.9 Å². The molecule has 1 aromatic carbocycles. The summed E-state index contributed by atoms with van der Waals surface area (Å²) in [7, 11) is 3.01. The van der Waals surface area contributed by atoms with E-state index in [1.165, 1.54) is 12.7 Å². The summed E-state index contributed by atoms with van der Waals surface area (Å²) in [4.78, 5) is 13.9. The van der Waals surface area contributed by atoms with E-state index in [9.17, 15) is 4.79 Å². The number of carbonyl (C=O) groups is 1. The average molecular weight is 359 g/mol. The number of carbonyl (C=O) groups excluding carboxylic acids is 1. The highest BCUT2D eigenvalue weighted by Crippen LogP contribution is 2.20. The number of benzene rings is 1. The Morgan fingerprint density at radius 3 is 2.62 bits per heavy atom. The van der Waals surface area contributed by atoms with Crippen molar-refractivity contribution in [3.05, 3.63) is 53.5 Å². The van der Waals surface area contributed by atoms with Crippen LogP contribution in [0, 0.1) is 0 Å². The maximum Gasteiger partial charge on any atom is 0.373 e. The topological polar surface area (TPSA) is 61.1 Å². The molecule has 6 nitrogen and oxygen atoms in total. The number of hydrogen-bond acceptors (Lipinski definition) is 6. The van der Waals surface area contributed by atoms with Crippen LogP contribution in [-0.2, 0) is 22.6 Å². The van der Waals surface area contributed by atoms with Gasteiger partial charge < -0.3 is 18.6 Å². The van der Waals surface area contributed by atoms with Crippen molar-refractivity contribution >= 4 is 5.97 Å². The van der Waals surface area contributed by atoms with Gasteiger partial charge in [-0.15, -0.1) is 0 Å². The lowest BCUT2D eigenvalue weighted by molar-refractivity contribution is 0.0548. The van der Waals surface area contributed by atoms with E-state index >= 15 is 0 Å². The number of furan rings is 1. The summed E-state index contributed by atoms with van der Waals surface area (Å²) in [6.07, 6.45) is 2.42. The van der Waals surface area contributed by atoms with Gasteiger partial charge in [0, 0.05) is 19.7 Å². The molecule has 1 aliphatic heterocycles. The van der Waals surface area contributed by atoms with Crippen molar-refractivity contribution in [1.29, 1.82) is 0 Å². The summed E-state index contributed by atoms with van der Waals surface area (Å²) in [6.45, 7) is 3.01. The molecule has 1 atom stereocenters. The molecular formula is C20H25NO5. The highest BCUT2D eigenvalue weighted by Gasteiger charge is 2.21. The first kappa shape index (κ1) is 18.5. The molecular weight excluding hydrogens is 334 g/mol. The first-order valence-corrected chi connectivity index (χ1v) is 8.82. The van der Waals surface area contributed by atoms with Crippen LogP contribution in [-0.4, -0.2) is 44.3 Å². The van der Waals surface area contributed by atoms with Crippen LogP contribution < -0.4 is 4.74 Å². The van der Waals surface area contributed by atoms with E-state index in [0.717, 1.165) is 44.0 Å². The maximum absolute atomic E-state index is 11.6. The van der Waals surface area contributed by atoms with Gasteiger partial charge in [0.15, 0.2) is 0 Å². The van der Waals surface area contributed by atoms with Crippen LogP contribution in [0.1, 0.15) is 34.7 Å². The number of esters is 1. The number of rotatable bonds is 8. The standard InChI is InChI=1S/C20H25NO5/c1-23-16-7-5-15(6-8-16)12-21(13-17-4-3-11-25-17)14-18-9-10-19(26-18)20(22)24-2/h5-10,17H,3-4,11-14H2,1-2H3. The second kappa shape index (κ2) is 8.87. The van der Waals surface area contributed by atoms with E-state index < -0.39 is 5.97 Å². The van der Waals surface area contributed by atoms with Gasteiger partial charge in [-0.05, 0) is 42.7 Å². The largest absolute Gasteiger partial charge is 0.497 e. The molecule has 1 fully saturated rings. The zero-order chi connectivity index (χ0) is 18.4. The lowest BCUT2D eigenvalue weighted by atomic mass is 10.1. The van der Waals surface area contributed by atoms with E-state index in [2.05, 4.69) is 17.0 Å². The lowest BCUT2D eigenvalue weighted by Gasteiger charge is -2.24. The van der Waals surface area contributed by atoms with Crippen molar-refractivity contribution in [3.8, 4) is 5.75 Å². The van der Waals surface area contributed by atoms with Crippen LogP contribution >= 0.6 is 0 Å². The smallest absolute Gasteiger partial charge is 0.373 e. The van der Waals surface area contributed by atoms with Gasteiger partial charge >= 0.3 is 5.97 Å². The Balaban J connectivity index is 1.69. The second-order valence-corrected chi connectivity index (χ2v) is 6.41. The summed E-state index contributed by atoms with van der Waals surface area (Å²) < 4.78 is 21.3. The monoisotopic (exact) mass is 359 g/mol. The fourth-order valence-corrected chi connectivity index (χ4v) is 3.14. The molecule has 0 spiro atoms. The Kier molecular flexibility index (Phi) is 6.30. The van der Waals surface area contributed by atoms with Gasteiger partial charge in [0.2, 0.25) is 5.76 Å². The normalized spacial score (nSPS) is 16.8. The fraction of sp³-hybridized carbons (Fsp3) is 0.450. The first-order valence-electron chi connectivity index (χ1n) is 8.82. The SMILES string of the molecule is COC(=O)c1ccc(CN(Cc2ccc(OC)cc2)CC2CCCO2)o1. The number of methoxy groups -OCH3 is 2. The predicted molar refractivity (Wildman–Crippen MR) is 96.1 cm³/mol. The molecule has 2 heterocycles. The third-order valence-electron chi connectivity index (χ3n) is 4.48. The molecule has 3 rings (SSSR count). The molecule has 0 bridgehead atoms. The molecule has 0 amide bonds. The van der Waals surface area contributed by atoms with Crippen molar-refractivity contribution in [2.45, 2.75) is 32.0 Å². The molecule has 1 unspecified atom stereocenters. The minimum absolute atomic E-state index is 0.226. The van der Waals surface area contributed by atoms with Crippen molar-refractivity contribution in [2.75, 3.05) is 27.4 Å². The van der Waals surface area contributed by atoms with Crippen LogP contribution in [0.5, 0.6) is 5.75 Å². The number of ether oxygens (including phenoxy) is 3. The van der Waals surface area contributed by atoms with Crippen LogP contribution in [0.25, 0.3) is 0 Å². The van der Waals surface area contributed by atoms with Gasteiger partial charge in [-0.1, -0.05) is 12.1 Å². The van der Waals surface area contributed by atoms with Crippen LogP contribution in [0.2, 0.25) is 0 Å². The summed E-state index contributed by atoms with van der Waals surface area (Å²) in [5.74, 6) is 1.34. The fourth-order valence-electron chi connectivity index (χ4n) is 3.14. The Labute approximate surface area is 153 Å². The van der Waals surface area contributed by atoms with E-state index in [1.54, 1.807) is 13.2 Å². The van der Waals surface area contributed by atoms with Crippen molar-refractivity contribution < 1.29 is 23.4 Å². The van der Waals surface area contributed by atoms with Gasteiger partial charge in [-0.2, -0.15) is 0 Å². The van der Waals surface area contributed by atoms with Crippen molar-refractivity contribution in [2.24, 2.45) is 0 Å². The third-order valence-corrected chi connectivity index (χ3v) is 4.48. The maximum atomic E-state index is 11.6. The number of hydrogen-bond donors (Lipinski definition) is 0. The van der Waals surface area contributed by atoms with Crippen LogP contribution in [0.15, 0.2) is 40.8 Å². The summed E-state index contributed by atoms with van der Waals surface area (Å²) >= 11 is 0. The van der Waals surface area contributed by atoms with Crippen LogP contribution in [0.4, 0.5) is 0 Å². The summed E-state index contributed by atoms with van der Waals surface area (Å²) in [5.41, 5.74) is 1.18. The highest BCUT2D eigenvalue weighted by atomic mass is 16.5. The Morgan fingerprint density at radius 2 is 1.96 bits per heavy atom. The molecule has 140 valence electrons. The molecule has 1 aliphatic rings. The Morgan fingerprint density at radius 1 is 1.15 bits per heavy atom. The quantitative estimate of drug-likeness (QED) is 0.674. The van der Waals surface area contributed by atoms with Crippen LogP contribution in [0.3, 0.4) is 0 Å². The molecule has 0 radical (unpaired) electrons. The zero-order valence-corrected chi connectivity index (χ0v) is 15.3. The van der Waals surface area contributed by atoms with Gasteiger partial charge in [-0.25, -0.2) is 4.79 Å². The zero-order valence-electron chi connectivity index (χ0n) is 15.3. The van der Waals surface area contributed by atoms with Crippen molar-refractivity contribution in [1.82, 2.24) is 4.90 Å². The van der Waals surface area contributed by atoms with E-state index in [-0.39, 0.29) is 11.9 Å². The summed E-state index contributed by atoms with van der Waals surface area (Å²) in [6, 6.07) is 11.5. The van der Waals surface area contributed by atoms with Gasteiger partial charge in [0.25, 0.3) is 0 Å². The van der Waals surface area contributed by atoms with Gasteiger partial charge in [-0.3, -0.25) is 4.90 Å². The van der Waals surface area contributed by atoms with Crippen molar-refractivity contribution in [3.63, 3.8) is 0 Å². The Hall–Kier alpha value is -2.31. The minimum Gasteiger partial charge on any atom is -0.497 e. The first-order chi connectivity index (χ1) is 12.7. The lowest BCUT2D eigenvalue weighted by Crippen LogP contribution is -2.31. The summed E-state index contributed by atoms with van der Waals surface area (Å²) in [5, 5.41) is 0. The average Bonchev–Trinajstić information content (AvgIpc) is 3.34. The second-order valence-electron chi connectivity index (χ2n) is 6.41.